The number of hydrogen-bond donors (Lipinski definition) is 1. The van der Waals surface area contributed by atoms with Crippen LogP contribution in [0.25, 0.3) is 0 Å². The highest BCUT2D eigenvalue weighted by atomic mass is 32.1. The minimum atomic E-state index is -0.167. The predicted octanol–water partition coefficient (Wildman–Crippen LogP) is 1.11. The molecule has 1 aliphatic heterocycles. The van der Waals surface area contributed by atoms with Gasteiger partial charge in [-0.25, -0.2) is 4.98 Å². The van der Waals surface area contributed by atoms with Gasteiger partial charge in [0.15, 0.2) is 5.01 Å². The summed E-state index contributed by atoms with van der Waals surface area (Å²) in [6, 6.07) is 9.60. The van der Waals surface area contributed by atoms with E-state index in [4.69, 9.17) is 0 Å². The maximum absolute atomic E-state index is 12.3. The molecule has 1 N–H and O–H groups in total. The van der Waals surface area contributed by atoms with Gasteiger partial charge >= 0.3 is 0 Å². The van der Waals surface area contributed by atoms with Gasteiger partial charge in [-0.1, -0.05) is 24.1 Å². The predicted molar refractivity (Wildman–Crippen MR) is 83.4 cm³/mol. The fourth-order valence-electron chi connectivity index (χ4n) is 2.05. The maximum Gasteiger partial charge on any atom is 0.266 e. The van der Waals surface area contributed by atoms with E-state index in [2.05, 4.69) is 22.1 Å². The largest absolute Gasteiger partial charge is 0.353 e. The molecule has 1 fully saturated rings. The molecule has 0 atom stereocenters. The summed E-state index contributed by atoms with van der Waals surface area (Å²) in [7, 11) is 0. The third kappa shape index (κ3) is 3.32. The third-order valence-electron chi connectivity index (χ3n) is 3.13. The Kier molecular flexibility index (Phi) is 4.17. The lowest BCUT2D eigenvalue weighted by atomic mass is 10.2. The molecule has 6 heteroatoms. The van der Waals surface area contributed by atoms with Crippen LogP contribution in [0.4, 0.5) is 0 Å². The monoisotopic (exact) mass is 311 g/mol. The first-order chi connectivity index (χ1) is 10.7. The van der Waals surface area contributed by atoms with E-state index < -0.39 is 0 Å². The van der Waals surface area contributed by atoms with Gasteiger partial charge in [-0.2, -0.15) is 0 Å². The van der Waals surface area contributed by atoms with Crippen molar-refractivity contribution in [3.05, 3.63) is 52.0 Å². The summed E-state index contributed by atoms with van der Waals surface area (Å²) < 4.78 is 0. The van der Waals surface area contributed by atoms with Crippen LogP contribution in [0.5, 0.6) is 0 Å². The van der Waals surface area contributed by atoms with Crippen LogP contribution >= 0.6 is 11.3 Å². The highest BCUT2D eigenvalue weighted by molar-refractivity contribution is 7.14. The Morgan fingerprint density at radius 1 is 1.27 bits per heavy atom. The van der Waals surface area contributed by atoms with Gasteiger partial charge < -0.3 is 10.2 Å². The SMILES string of the molecule is O=C1CN(C(=O)c2cnc(C#Cc3ccccc3)s2)CCN1. The van der Waals surface area contributed by atoms with Crippen molar-refractivity contribution in [3.63, 3.8) is 0 Å². The van der Waals surface area contributed by atoms with Gasteiger partial charge in [0.2, 0.25) is 5.91 Å². The Morgan fingerprint density at radius 3 is 2.86 bits per heavy atom. The number of carbonyl (C=O) groups is 2. The number of hydrogen-bond acceptors (Lipinski definition) is 4. The van der Waals surface area contributed by atoms with Gasteiger partial charge in [0, 0.05) is 18.7 Å². The quantitative estimate of drug-likeness (QED) is 0.803. The Bertz CT molecular complexity index is 758. The van der Waals surface area contributed by atoms with Crippen LogP contribution < -0.4 is 5.32 Å². The molecule has 1 aromatic heterocycles. The lowest BCUT2D eigenvalue weighted by molar-refractivity contribution is -0.123. The summed E-state index contributed by atoms with van der Waals surface area (Å²) in [5.41, 5.74) is 0.901. The van der Waals surface area contributed by atoms with Crippen molar-refractivity contribution in [1.82, 2.24) is 15.2 Å². The Hall–Kier alpha value is -2.65. The van der Waals surface area contributed by atoms with Crippen molar-refractivity contribution >= 4 is 23.2 Å². The van der Waals surface area contributed by atoms with Gasteiger partial charge in [-0.05, 0) is 18.1 Å². The number of nitrogens with one attached hydrogen (secondary N) is 1. The average molecular weight is 311 g/mol. The highest BCUT2D eigenvalue weighted by Gasteiger charge is 2.23. The molecule has 0 spiro atoms. The summed E-state index contributed by atoms with van der Waals surface area (Å²) in [5.74, 6) is 5.67. The molecule has 3 rings (SSSR count). The molecule has 1 saturated heterocycles. The minimum absolute atomic E-state index is 0.0990. The van der Waals surface area contributed by atoms with E-state index in [1.807, 2.05) is 30.3 Å². The second kappa shape index (κ2) is 6.41. The van der Waals surface area contributed by atoms with Crippen LogP contribution in [0.15, 0.2) is 36.5 Å². The van der Waals surface area contributed by atoms with Crippen molar-refractivity contribution in [2.75, 3.05) is 19.6 Å². The number of nitrogens with zero attached hydrogens (tertiary/aromatic N) is 2. The number of piperazine rings is 1. The first-order valence-electron chi connectivity index (χ1n) is 6.81. The Labute approximate surface area is 132 Å². The van der Waals surface area contributed by atoms with Gasteiger partial charge in [-0.15, -0.1) is 11.3 Å². The summed E-state index contributed by atoms with van der Waals surface area (Å²) in [5, 5.41) is 3.29. The maximum atomic E-state index is 12.3. The number of thiazole rings is 1. The minimum Gasteiger partial charge on any atom is -0.353 e. The molecule has 2 amide bonds. The standard InChI is InChI=1S/C16H13N3O2S/c20-14-11-19(9-8-17-14)16(21)13-10-18-15(22-13)7-6-12-4-2-1-3-5-12/h1-5,10H,8-9,11H2,(H,17,20). The number of rotatable bonds is 1. The second-order valence-electron chi connectivity index (χ2n) is 4.72. The van der Waals surface area contributed by atoms with E-state index >= 15 is 0 Å². The molecule has 0 aliphatic carbocycles. The summed E-state index contributed by atoms with van der Waals surface area (Å²) >= 11 is 1.25. The second-order valence-corrected chi connectivity index (χ2v) is 5.75. The number of amides is 2. The summed E-state index contributed by atoms with van der Waals surface area (Å²) in [4.78, 5) is 29.8. The first kappa shape index (κ1) is 14.3. The van der Waals surface area contributed by atoms with Gasteiger partial charge in [0.1, 0.15) is 4.88 Å². The van der Waals surface area contributed by atoms with E-state index in [0.29, 0.717) is 23.0 Å². The fourth-order valence-corrected chi connectivity index (χ4v) is 2.78. The van der Waals surface area contributed by atoms with Crippen LogP contribution in [-0.2, 0) is 4.79 Å². The zero-order valence-electron chi connectivity index (χ0n) is 11.7. The molecular weight excluding hydrogens is 298 g/mol. The van der Waals surface area contributed by atoms with E-state index in [1.165, 1.54) is 22.4 Å². The number of carbonyl (C=O) groups excluding carboxylic acids is 2. The van der Waals surface area contributed by atoms with E-state index in [-0.39, 0.29) is 18.4 Å². The summed E-state index contributed by atoms with van der Waals surface area (Å²) in [6.45, 7) is 1.11. The van der Waals surface area contributed by atoms with Gasteiger partial charge in [0.05, 0.1) is 12.7 Å². The van der Waals surface area contributed by atoms with Crippen LogP contribution in [0, 0.1) is 11.8 Å². The topological polar surface area (TPSA) is 62.3 Å². The molecular formula is C16H13N3O2S. The smallest absolute Gasteiger partial charge is 0.266 e. The van der Waals surface area contributed by atoms with E-state index in [9.17, 15) is 9.59 Å². The third-order valence-corrected chi connectivity index (χ3v) is 4.03. The lowest BCUT2D eigenvalue weighted by Gasteiger charge is -2.25. The number of benzene rings is 1. The van der Waals surface area contributed by atoms with Crippen LogP contribution in [-0.4, -0.2) is 41.3 Å². The highest BCUT2D eigenvalue weighted by Crippen LogP contribution is 2.15. The normalized spacial score (nSPS) is 14.0. The van der Waals surface area contributed by atoms with Crippen molar-refractivity contribution in [2.45, 2.75) is 0 Å². The van der Waals surface area contributed by atoms with E-state index in [0.717, 1.165) is 5.56 Å². The van der Waals surface area contributed by atoms with Crippen molar-refractivity contribution in [2.24, 2.45) is 0 Å². The Balaban J connectivity index is 1.72. The first-order valence-corrected chi connectivity index (χ1v) is 7.63. The molecule has 1 aromatic carbocycles. The fraction of sp³-hybridized carbons (Fsp3) is 0.188. The zero-order chi connectivity index (χ0) is 15.4. The summed E-state index contributed by atoms with van der Waals surface area (Å²) in [6.07, 6.45) is 1.52. The molecule has 0 unspecified atom stereocenters. The van der Waals surface area contributed by atoms with Crippen molar-refractivity contribution < 1.29 is 9.59 Å². The number of aromatic nitrogens is 1. The molecule has 0 radical (unpaired) electrons. The molecule has 0 bridgehead atoms. The van der Waals surface area contributed by atoms with Crippen molar-refractivity contribution in [3.8, 4) is 11.8 Å². The molecule has 5 nitrogen and oxygen atoms in total. The van der Waals surface area contributed by atoms with Crippen LogP contribution in [0.3, 0.4) is 0 Å². The van der Waals surface area contributed by atoms with Gasteiger partial charge in [-0.3, -0.25) is 9.59 Å². The molecule has 1 aliphatic rings. The molecule has 110 valence electrons. The van der Waals surface area contributed by atoms with Crippen molar-refractivity contribution in [1.29, 1.82) is 0 Å². The van der Waals surface area contributed by atoms with Gasteiger partial charge in [0.25, 0.3) is 5.91 Å². The average Bonchev–Trinajstić information content (AvgIpc) is 3.02. The lowest BCUT2D eigenvalue weighted by Crippen LogP contribution is -2.49. The van der Waals surface area contributed by atoms with Crippen LogP contribution in [0.1, 0.15) is 20.2 Å². The Morgan fingerprint density at radius 2 is 2.09 bits per heavy atom. The molecule has 22 heavy (non-hydrogen) atoms. The zero-order valence-corrected chi connectivity index (χ0v) is 12.5. The molecule has 0 saturated carbocycles. The molecule has 2 heterocycles. The molecule has 2 aromatic rings. The van der Waals surface area contributed by atoms with Crippen LogP contribution in [0.2, 0.25) is 0 Å². The van der Waals surface area contributed by atoms with E-state index in [1.54, 1.807) is 0 Å².